The van der Waals surface area contributed by atoms with Crippen LogP contribution in [0.3, 0.4) is 0 Å². The third kappa shape index (κ3) is 4.74. The minimum absolute atomic E-state index is 0.181. The zero-order chi connectivity index (χ0) is 24.5. The molecule has 1 aliphatic heterocycles. The molecule has 1 aliphatic rings. The predicted octanol–water partition coefficient (Wildman–Crippen LogP) is 2.22. The lowest BCUT2D eigenvalue weighted by atomic mass is 10.1. The molecule has 1 N–H and O–H groups in total. The molecule has 1 saturated heterocycles. The van der Waals surface area contributed by atoms with Gasteiger partial charge in [0.15, 0.2) is 17.3 Å². The van der Waals surface area contributed by atoms with Gasteiger partial charge in [-0.1, -0.05) is 12.1 Å². The molecule has 182 valence electrons. The number of aryl methyl sites for hydroxylation is 2. The normalized spacial score (nSPS) is 14.7. The zero-order valence-electron chi connectivity index (χ0n) is 20.3. The van der Waals surface area contributed by atoms with Crippen molar-refractivity contribution in [2.75, 3.05) is 26.2 Å². The number of benzene rings is 1. The molecule has 0 unspecified atom stereocenters. The summed E-state index contributed by atoms with van der Waals surface area (Å²) in [6.45, 7) is 9.85. The Kier molecular flexibility index (Phi) is 6.21. The van der Waals surface area contributed by atoms with Gasteiger partial charge in [-0.15, -0.1) is 15.3 Å². The first kappa shape index (κ1) is 23.0. The van der Waals surface area contributed by atoms with E-state index in [4.69, 9.17) is 5.10 Å². The Morgan fingerprint density at radius 3 is 2.43 bits per heavy atom. The minimum Gasteiger partial charge on any atom is -0.508 e. The van der Waals surface area contributed by atoms with E-state index in [9.17, 15) is 9.90 Å². The van der Waals surface area contributed by atoms with Crippen LogP contribution < -0.4 is 0 Å². The van der Waals surface area contributed by atoms with Crippen LogP contribution in [-0.2, 0) is 17.8 Å². The van der Waals surface area contributed by atoms with Crippen molar-refractivity contribution in [3.8, 4) is 11.6 Å². The van der Waals surface area contributed by atoms with Crippen molar-refractivity contribution >= 4 is 11.6 Å². The van der Waals surface area contributed by atoms with Crippen LogP contribution in [0.25, 0.3) is 11.5 Å². The lowest BCUT2D eigenvalue weighted by Gasteiger charge is -2.34. The highest BCUT2D eigenvalue weighted by molar-refractivity contribution is 5.76. The number of carbonyl (C=O) groups is 1. The van der Waals surface area contributed by atoms with E-state index in [-0.39, 0.29) is 11.7 Å². The van der Waals surface area contributed by atoms with Crippen LogP contribution in [0, 0.1) is 20.8 Å². The van der Waals surface area contributed by atoms with Gasteiger partial charge in [0.25, 0.3) is 0 Å². The fourth-order valence-corrected chi connectivity index (χ4v) is 4.66. The lowest BCUT2D eigenvalue weighted by molar-refractivity contribution is -0.133. The molecule has 4 aromatic rings. The summed E-state index contributed by atoms with van der Waals surface area (Å²) in [5.74, 6) is 1.88. The Labute approximate surface area is 203 Å². The maximum atomic E-state index is 13.0. The van der Waals surface area contributed by atoms with E-state index in [1.165, 1.54) is 5.56 Å². The number of aromatic hydroxyl groups is 1. The van der Waals surface area contributed by atoms with Crippen LogP contribution in [0.5, 0.6) is 5.75 Å². The van der Waals surface area contributed by atoms with E-state index in [1.54, 1.807) is 16.6 Å². The van der Waals surface area contributed by atoms with Crippen molar-refractivity contribution < 1.29 is 9.90 Å². The van der Waals surface area contributed by atoms with Crippen molar-refractivity contribution in [3.63, 3.8) is 0 Å². The van der Waals surface area contributed by atoms with E-state index < -0.39 is 0 Å². The molecule has 1 fully saturated rings. The second-order valence-electron chi connectivity index (χ2n) is 9.09. The Morgan fingerprint density at radius 2 is 1.69 bits per heavy atom. The summed E-state index contributed by atoms with van der Waals surface area (Å²) in [5, 5.41) is 26.9. The molecule has 0 radical (unpaired) electrons. The van der Waals surface area contributed by atoms with Crippen molar-refractivity contribution in [2.45, 2.75) is 40.2 Å². The largest absolute Gasteiger partial charge is 0.508 e. The number of nitrogens with zero attached hydrogens (tertiary/aromatic N) is 8. The highest BCUT2D eigenvalue weighted by atomic mass is 16.3. The first-order chi connectivity index (χ1) is 16.9. The van der Waals surface area contributed by atoms with Crippen LogP contribution in [0.4, 0.5) is 0 Å². The third-order valence-electron chi connectivity index (χ3n) is 6.72. The summed E-state index contributed by atoms with van der Waals surface area (Å²) in [6.07, 6.45) is 1.11. The van der Waals surface area contributed by atoms with Crippen LogP contribution in [0.15, 0.2) is 36.4 Å². The molecule has 10 heteroatoms. The molecule has 5 rings (SSSR count). The fraction of sp³-hybridized carbons (Fsp3) is 0.400. The Bertz CT molecular complexity index is 1350. The summed E-state index contributed by atoms with van der Waals surface area (Å²) in [5.41, 5.74) is 4.86. The summed E-state index contributed by atoms with van der Waals surface area (Å²) < 4.78 is 3.53. The number of phenolic OH excluding ortho intramolecular Hbond substituents is 1. The van der Waals surface area contributed by atoms with Gasteiger partial charge in [-0.05, 0) is 62.6 Å². The number of aromatic nitrogens is 6. The molecule has 1 amide bonds. The SMILES string of the molecule is Cc1nn(-c2ccc3nnc(C)n3n2)c(C)c1CCC(=O)N1CCN(Cc2ccc(O)cc2)CC1. The molecule has 0 spiro atoms. The maximum Gasteiger partial charge on any atom is 0.222 e. The number of carbonyl (C=O) groups excluding carboxylic acids is 1. The van der Waals surface area contributed by atoms with Crippen LogP contribution in [0.1, 0.15) is 34.8 Å². The van der Waals surface area contributed by atoms with E-state index >= 15 is 0 Å². The van der Waals surface area contributed by atoms with Crippen molar-refractivity contribution in [2.24, 2.45) is 0 Å². The molecule has 0 bridgehead atoms. The van der Waals surface area contributed by atoms with E-state index in [0.29, 0.717) is 24.3 Å². The first-order valence-electron chi connectivity index (χ1n) is 11.9. The number of hydrogen-bond donors (Lipinski definition) is 1. The third-order valence-corrected chi connectivity index (χ3v) is 6.72. The summed E-state index contributed by atoms with van der Waals surface area (Å²) >= 11 is 0. The fourth-order valence-electron chi connectivity index (χ4n) is 4.66. The van der Waals surface area contributed by atoms with Gasteiger partial charge in [0.1, 0.15) is 5.75 Å². The first-order valence-corrected chi connectivity index (χ1v) is 11.9. The summed E-state index contributed by atoms with van der Waals surface area (Å²) in [6, 6.07) is 11.1. The summed E-state index contributed by atoms with van der Waals surface area (Å²) in [4.78, 5) is 17.3. The molecule has 1 aromatic carbocycles. The minimum atomic E-state index is 0.181. The molecular formula is C25H30N8O2. The van der Waals surface area contributed by atoms with Gasteiger partial charge in [-0.25, -0.2) is 4.68 Å². The van der Waals surface area contributed by atoms with Crippen molar-refractivity contribution in [1.82, 2.24) is 39.4 Å². The van der Waals surface area contributed by atoms with E-state index in [2.05, 4.69) is 20.2 Å². The number of hydrogen-bond acceptors (Lipinski definition) is 7. The number of fused-ring (bicyclic) bond motifs is 1. The average molecular weight is 475 g/mol. The molecular weight excluding hydrogens is 444 g/mol. The van der Waals surface area contributed by atoms with Gasteiger partial charge < -0.3 is 10.0 Å². The van der Waals surface area contributed by atoms with Gasteiger partial charge in [-0.2, -0.15) is 9.61 Å². The molecule has 4 heterocycles. The number of rotatable bonds is 6. The highest BCUT2D eigenvalue weighted by Gasteiger charge is 2.22. The zero-order valence-corrected chi connectivity index (χ0v) is 20.3. The van der Waals surface area contributed by atoms with Gasteiger partial charge in [0.2, 0.25) is 5.91 Å². The quantitative estimate of drug-likeness (QED) is 0.457. The average Bonchev–Trinajstić information content (AvgIpc) is 3.37. The predicted molar refractivity (Wildman–Crippen MR) is 130 cm³/mol. The highest BCUT2D eigenvalue weighted by Crippen LogP contribution is 2.20. The molecule has 10 nitrogen and oxygen atoms in total. The molecule has 35 heavy (non-hydrogen) atoms. The number of piperazine rings is 1. The van der Waals surface area contributed by atoms with Crippen LogP contribution >= 0.6 is 0 Å². The molecule has 3 aromatic heterocycles. The maximum absolute atomic E-state index is 13.0. The molecule has 0 aliphatic carbocycles. The van der Waals surface area contributed by atoms with Gasteiger partial charge in [0, 0.05) is 44.8 Å². The van der Waals surface area contributed by atoms with Crippen LogP contribution in [0.2, 0.25) is 0 Å². The van der Waals surface area contributed by atoms with Crippen molar-refractivity contribution in [1.29, 1.82) is 0 Å². The second-order valence-corrected chi connectivity index (χ2v) is 9.09. The van der Waals surface area contributed by atoms with Gasteiger partial charge >= 0.3 is 0 Å². The summed E-state index contributed by atoms with van der Waals surface area (Å²) in [7, 11) is 0. The number of phenols is 1. The van der Waals surface area contributed by atoms with Crippen LogP contribution in [-0.4, -0.2) is 76.6 Å². The Morgan fingerprint density at radius 1 is 0.943 bits per heavy atom. The van der Waals surface area contributed by atoms with Gasteiger partial charge in [0.05, 0.1) is 5.69 Å². The topological polar surface area (TPSA) is 105 Å². The van der Waals surface area contributed by atoms with Crippen molar-refractivity contribution in [3.05, 3.63) is 64.7 Å². The van der Waals surface area contributed by atoms with E-state index in [0.717, 1.165) is 55.5 Å². The standard InChI is InChI=1S/C25H30N8O2/c1-17-22(18(2)32(28-17)24-10-9-23-27-26-19(3)33(23)29-24)8-11-25(35)31-14-12-30(13-15-31)16-20-4-6-21(34)7-5-20/h4-7,9-10,34H,8,11-16H2,1-3H3. The lowest BCUT2D eigenvalue weighted by Crippen LogP contribution is -2.48. The van der Waals surface area contributed by atoms with Gasteiger partial charge in [-0.3, -0.25) is 9.69 Å². The second kappa shape index (κ2) is 9.46. The Balaban J connectivity index is 1.19. The smallest absolute Gasteiger partial charge is 0.222 e. The Hall–Kier alpha value is -3.79. The molecule has 0 saturated carbocycles. The molecule has 0 atom stereocenters. The van der Waals surface area contributed by atoms with E-state index in [1.807, 2.05) is 54.6 Å². The number of amides is 1. The monoisotopic (exact) mass is 474 g/mol.